The highest BCUT2D eigenvalue weighted by molar-refractivity contribution is 7.10. The van der Waals surface area contributed by atoms with E-state index in [1.165, 1.54) is 30.8 Å². The zero-order valence-corrected chi connectivity index (χ0v) is 30.4. The Morgan fingerprint density at radius 2 is 1.60 bits per heavy atom. The zero-order chi connectivity index (χ0) is 33.8. The number of allylic oxidation sites excluding steroid dienone is 2. The van der Waals surface area contributed by atoms with E-state index in [-0.39, 0.29) is 24.4 Å². The summed E-state index contributed by atoms with van der Waals surface area (Å²) in [6.45, 7) is 13.4. The second-order valence-electron chi connectivity index (χ2n) is 12.4. The maximum Gasteiger partial charge on any atom is 0.318 e. The first-order valence-electron chi connectivity index (χ1n) is 17.7. The average molecular weight is 684 g/mol. The number of hydrogen-bond acceptors (Lipinski definition) is 5. The quantitative estimate of drug-likeness (QED) is 0.327. The zero-order valence-electron chi connectivity index (χ0n) is 28.8. The van der Waals surface area contributed by atoms with E-state index >= 15 is 0 Å². The molecular weight excluding hydrogens is 630 g/mol. The van der Waals surface area contributed by atoms with Crippen molar-refractivity contribution in [2.45, 2.75) is 104 Å². The van der Waals surface area contributed by atoms with Crippen LogP contribution in [0.4, 0.5) is 10.5 Å². The van der Waals surface area contributed by atoms with E-state index in [1.807, 2.05) is 67.2 Å². The number of nitrogens with zero attached hydrogens (tertiary/aromatic N) is 4. The van der Waals surface area contributed by atoms with Gasteiger partial charge in [0.15, 0.2) is 0 Å². The molecule has 3 fully saturated rings. The number of urea groups is 1. The topological polar surface area (TPSA) is 76.2 Å². The fraction of sp³-hybridized carbons (Fsp3) is 0.595. The second-order valence-corrected chi connectivity index (χ2v) is 13.8. The molecule has 6 rings (SSSR count). The molecule has 2 aromatic rings. The minimum atomic E-state index is -0.399. The number of rotatable bonds is 5. The molecule has 0 aliphatic carbocycles. The van der Waals surface area contributed by atoms with Crippen LogP contribution in [-0.4, -0.2) is 83.9 Å². The Bertz CT molecular complexity index is 1350. The molecular formula is C37H54ClN5O3S. The lowest BCUT2D eigenvalue weighted by atomic mass is 10.0. The van der Waals surface area contributed by atoms with Crippen molar-refractivity contribution in [2.24, 2.45) is 0 Å². The van der Waals surface area contributed by atoms with Gasteiger partial charge in [0, 0.05) is 54.2 Å². The van der Waals surface area contributed by atoms with Crippen molar-refractivity contribution in [3.8, 4) is 0 Å². The van der Waals surface area contributed by atoms with Gasteiger partial charge in [-0.1, -0.05) is 43.7 Å². The van der Waals surface area contributed by atoms with Gasteiger partial charge in [-0.2, -0.15) is 0 Å². The van der Waals surface area contributed by atoms with Crippen molar-refractivity contribution >= 4 is 46.5 Å². The molecule has 0 spiro atoms. The Balaban J connectivity index is 0.000000776. The van der Waals surface area contributed by atoms with Crippen LogP contribution in [0.15, 0.2) is 41.8 Å². The van der Waals surface area contributed by atoms with Crippen LogP contribution in [0.25, 0.3) is 0 Å². The van der Waals surface area contributed by atoms with Crippen molar-refractivity contribution in [3.63, 3.8) is 0 Å². The van der Waals surface area contributed by atoms with Gasteiger partial charge in [-0.15, -0.1) is 11.3 Å². The largest absolute Gasteiger partial charge is 0.341 e. The molecule has 258 valence electrons. The lowest BCUT2D eigenvalue weighted by Gasteiger charge is -2.38. The molecule has 3 saturated heterocycles. The molecule has 4 amide bonds. The Hall–Kier alpha value is -2.88. The summed E-state index contributed by atoms with van der Waals surface area (Å²) in [6.07, 6.45) is 13.2. The third-order valence-electron chi connectivity index (χ3n) is 9.59. The van der Waals surface area contributed by atoms with Crippen LogP contribution in [0.1, 0.15) is 99.9 Å². The summed E-state index contributed by atoms with van der Waals surface area (Å²) in [6, 6.07) is 7.30. The number of anilines is 1. The lowest BCUT2D eigenvalue weighted by Crippen LogP contribution is -2.53. The van der Waals surface area contributed by atoms with Gasteiger partial charge in [-0.05, 0) is 114 Å². The van der Waals surface area contributed by atoms with E-state index in [2.05, 4.69) is 10.2 Å². The molecule has 4 aliphatic heterocycles. The summed E-state index contributed by atoms with van der Waals surface area (Å²) < 4.78 is 0. The second kappa shape index (κ2) is 18.6. The molecule has 4 aliphatic rings. The molecule has 5 heterocycles. The number of likely N-dealkylation sites (tertiary alicyclic amines) is 3. The van der Waals surface area contributed by atoms with Crippen LogP contribution >= 0.6 is 22.9 Å². The van der Waals surface area contributed by atoms with E-state index in [0.29, 0.717) is 36.1 Å². The van der Waals surface area contributed by atoms with E-state index < -0.39 is 6.04 Å². The average Bonchev–Trinajstić information content (AvgIpc) is 3.90. The number of hydrogen-bond donors (Lipinski definition) is 1. The summed E-state index contributed by atoms with van der Waals surface area (Å²) in [7, 11) is 0. The number of nitrogens with one attached hydrogen (secondary N) is 1. The van der Waals surface area contributed by atoms with Gasteiger partial charge in [0.25, 0.3) is 5.91 Å². The fourth-order valence-electron chi connectivity index (χ4n) is 6.94. The molecule has 0 radical (unpaired) electrons. The number of piperidine rings is 1. The number of carbonyl (C=O) groups excluding carboxylic acids is 3. The SMILES string of the molecule is C/C=C/C.CC.O=C(C1CCCN1C(=O)NCc1ccc(C(=O)N2CCCCc3sccc32)cc1Cl)N1CCC(N2CCCC2)CC1. The van der Waals surface area contributed by atoms with E-state index in [0.717, 1.165) is 62.9 Å². The first kappa shape index (κ1) is 36.9. The minimum Gasteiger partial charge on any atom is -0.341 e. The smallest absolute Gasteiger partial charge is 0.318 e. The van der Waals surface area contributed by atoms with Crippen molar-refractivity contribution in [1.82, 2.24) is 20.0 Å². The molecule has 1 aromatic heterocycles. The predicted octanol–water partition coefficient (Wildman–Crippen LogP) is 7.75. The highest BCUT2D eigenvalue weighted by atomic mass is 35.5. The number of fused-ring (bicyclic) bond motifs is 1. The van der Waals surface area contributed by atoms with Gasteiger partial charge in [-0.3, -0.25) is 9.59 Å². The Kier molecular flexibility index (Phi) is 14.6. The highest BCUT2D eigenvalue weighted by Gasteiger charge is 2.38. The Labute approximate surface area is 291 Å². The van der Waals surface area contributed by atoms with Crippen LogP contribution in [0.2, 0.25) is 5.02 Å². The fourth-order valence-corrected chi connectivity index (χ4v) is 8.11. The lowest BCUT2D eigenvalue weighted by molar-refractivity contribution is -0.136. The number of carbonyl (C=O) groups is 3. The van der Waals surface area contributed by atoms with Crippen molar-refractivity contribution in [1.29, 1.82) is 0 Å². The van der Waals surface area contributed by atoms with Gasteiger partial charge in [0.1, 0.15) is 6.04 Å². The summed E-state index contributed by atoms with van der Waals surface area (Å²) in [5, 5.41) is 5.47. The summed E-state index contributed by atoms with van der Waals surface area (Å²) in [5.41, 5.74) is 2.30. The summed E-state index contributed by atoms with van der Waals surface area (Å²) in [4.78, 5) is 49.4. The van der Waals surface area contributed by atoms with Crippen LogP contribution in [-0.2, 0) is 17.8 Å². The van der Waals surface area contributed by atoms with Crippen LogP contribution < -0.4 is 10.2 Å². The highest BCUT2D eigenvalue weighted by Crippen LogP contribution is 2.32. The van der Waals surface area contributed by atoms with Crippen molar-refractivity contribution in [2.75, 3.05) is 44.2 Å². The summed E-state index contributed by atoms with van der Waals surface area (Å²) >= 11 is 8.31. The third kappa shape index (κ3) is 9.39. The van der Waals surface area contributed by atoms with E-state index in [4.69, 9.17) is 11.6 Å². The van der Waals surface area contributed by atoms with Gasteiger partial charge in [-0.25, -0.2) is 4.79 Å². The Morgan fingerprint density at radius 3 is 2.28 bits per heavy atom. The van der Waals surface area contributed by atoms with Gasteiger partial charge in [0.05, 0.1) is 5.69 Å². The number of thiophene rings is 1. The number of benzene rings is 1. The normalized spacial score (nSPS) is 20.2. The van der Waals surface area contributed by atoms with Crippen LogP contribution in [0.5, 0.6) is 0 Å². The molecule has 1 aromatic carbocycles. The standard InChI is InChI=1S/C31H40ClN5O3S.C4H8.C2H6/c32-25-20-22(29(38)36-15-2-1-7-28-26(36)12-19-41-28)8-9-23(25)21-33-31(40)37-16-5-6-27(37)30(39)35-17-10-24(11-18-35)34-13-3-4-14-34;1-3-4-2;1-2/h8-9,12,19-20,24,27H,1-7,10-11,13-18,21H2,(H,33,40);3-4H,1-2H3;1-2H3/b;4-3+;. The monoisotopic (exact) mass is 683 g/mol. The van der Waals surface area contributed by atoms with Crippen molar-refractivity contribution in [3.05, 3.63) is 62.8 Å². The molecule has 1 N–H and O–H groups in total. The molecule has 47 heavy (non-hydrogen) atoms. The maximum atomic E-state index is 13.4. The van der Waals surface area contributed by atoms with Crippen LogP contribution in [0, 0.1) is 0 Å². The molecule has 1 atom stereocenters. The molecule has 8 nitrogen and oxygen atoms in total. The number of aryl methyl sites for hydroxylation is 1. The van der Waals surface area contributed by atoms with Gasteiger partial charge < -0.3 is 24.9 Å². The predicted molar refractivity (Wildman–Crippen MR) is 195 cm³/mol. The molecule has 1 unspecified atom stereocenters. The molecule has 0 saturated carbocycles. The first-order chi connectivity index (χ1) is 22.9. The maximum absolute atomic E-state index is 13.4. The van der Waals surface area contributed by atoms with E-state index in [9.17, 15) is 14.4 Å². The molecule has 0 bridgehead atoms. The minimum absolute atomic E-state index is 0.0491. The Morgan fingerprint density at radius 1 is 0.894 bits per heavy atom. The third-order valence-corrected chi connectivity index (χ3v) is 10.9. The summed E-state index contributed by atoms with van der Waals surface area (Å²) in [5.74, 6) is 0.0348. The van der Waals surface area contributed by atoms with Crippen LogP contribution in [0.3, 0.4) is 0 Å². The number of amides is 4. The first-order valence-corrected chi connectivity index (χ1v) is 19.0. The van der Waals surface area contributed by atoms with Gasteiger partial charge in [0.2, 0.25) is 5.91 Å². The van der Waals surface area contributed by atoms with Crippen molar-refractivity contribution < 1.29 is 14.4 Å². The van der Waals surface area contributed by atoms with E-state index in [1.54, 1.807) is 28.4 Å². The number of halogens is 1. The molecule has 10 heteroatoms. The van der Waals surface area contributed by atoms with Gasteiger partial charge >= 0.3 is 6.03 Å².